The Hall–Kier alpha value is -0.450. The summed E-state index contributed by atoms with van der Waals surface area (Å²) in [5.41, 5.74) is 0.815. The molecular weight excluding hydrogens is 370 g/mol. The van der Waals surface area contributed by atoms with Crippen LogP contribution < -0.4 is 4.74 Å². The molecule has 0 atom stereocenters. The highest BCUT2D eigenvalue weighted by atomic mass is 127. The van der Waals surface area contributed by atoms with Gasteiger partial charge in [-0.25, -0.2) is 0 Å². The second-order valence-corrected chi connectivity index (χ2v) is 5.51. The number of hydrogen-bond acceptors (Lipinski definition) is 1. The maximum absolute atomic E-state index is 6.06. The van der Waals surface area contributed by atoms with Gasteiger partial charge in [-0.3, -0.25) is 0 Å². The average molecular weight is 379 g/mol. The van der Waals surface area contributed by atoms with Crippen molar-refractivity contribution in [2.75, 3.05) is 0 Å². The Kier molecular flexibility index (Phi) is 4.54. The molecule has 0 amide bonds. The Morgan fingerprint density at radius 1 is 1.00 bits per heavy atom. The second-order valence-electron chi connectivity index (χ2n) is 3.45. The van der Waals surface area contributed by atoms with Crippen LogP contribution in [0.2, 0.25) is 10.0 Å². The maximum atomic E-state index is 6.06. The van der Waals surface area contributed by atoms with Crippen molar-refractivity contribution in [3.05, 3.63) is 61.6 Å². The Morgan fingerprint density at radius 2 is 1.65 bits per heavy atom. The van der Waals surface area contributed by atoms with Crippen molar-refractivity contribution in [3.63, 3.8) is 0 Å². The van der Waals surface area contributed by atoms with E-state index in [2.05, 4.69) is 22.6 Å². The smallest absolute Gasteiger partial charge is 0.120 e. The van der Waals surface area contributed by atoms with Gasteiger partial charge < -0.3 is 4.74 Å². The van der Waals surface area contributed by atoms with Crippen LogP contribution in [0.4, 0.5) is 0 Å². The Labute approximate surface area is 124 Å². The van der Waals surface area contributed by atoms with Crippen molar-refractivity contribution in [1.29, 1.82) is 0 Å². The van der Waals surface area contributed by atoms with Crippen LogP contribution in [0.5, 0.6) is 5.75 Å². The van der Waals surface area contributed by atoms with E-state index < -0.39 is 0 Å². The number of hydrogen-bond donors (Lipinski definition) is 0. The van der Waals surface area contributed by atoms with Crippen molar-refractivity contribution in [3.8, 4) is 5.75 Å². The summed E-state index contributed by atoms with van der Waals surface area (Å²) in [5.74, 6) is 0.813. The first-order valence-corrected chi connectivity index (χ1v) is 6.81. The van der Waals surface area contributed by atoms with E-state index in [1.807, 2.05) is 30.3 Å². The fraction of sp³-hybridized carbons (Fsp3) is 0.0769. The summed E-state index contributed by atoms with van der Waals surface area (Å²) < 4.78 is 6.79. The molecule has 0 saturated heterocycles. The summed E-state index contributed by atoms with van der Waals surface area (Å²) in [6.45, 7) is 0.374. The van der Waals surface area contributed by atoms with Gasteiger partial charge in [0, 0.05) is 19.2 Å². The standard InChI is InChI=1S/C13H9Cl2IO/c14-12-5-2-6-13(15)11(12)8-17-10-4-1-3-9(16)7-10/h1-7H,8H2. The van der Waals surface area contributed by atoms with Gasteiger partial charge in [-0.15, -0.1) is 0 Å². The summed E-state index contributed by atoms with van der Waals surface area (Å²) in [7, 11) is 0. The average Bonchev–Trinajstić information content (AvgIpc) is 2.28. The molecule has 0 saturated carbocycles. The predicted molar refractivity (Wildman–Crippen MR) is 80.0 cm³/mol. The van der Waals surface area contributed by atoms with E-state index in [4.69, 9.17) is 27.9 Å². The van der Waals surface area contributed by atoms with E-state index in [1.54, 1.807) is 12.1 Å². The Bertz CT molecular complexity index is 508. The highest BCUT2D eigenvalue weighted by Crippen LogP contribution is 2.26. The molecule has 1 nitrogen and oxygen atoms in total. The number of halogens is 3. The lowest BCUT2D eigenvalue weighted by Gasteiger charge is -2.09. The third kappa shape index (κ3) is 3.50. The zero-order chi connectivity index (χ0) is 12.3. The minimum absolute atomic E-state index is 0.374. The molecule has 0 fully saturated rings. The van der Waals surface area contributed by atoms with E-state index in [0.29, 0.717) is 16.7 Å². The molecule has 2 aromatic rings. The monoisotopic (exact) mass is 378 g/mol. The first kappa shape index (κ1) is 13.0. The molecule has 88 valence electrons. The lowest BCUT2D eigenvalue weighted by Crippen LogP contribution is -1.97. The van der Waals surface area contributed by atoms with Gasteiger partial charge in [0.15, 0.2) is 0 Å². The van der Waals surface area contributed by atoms with Crippen LogP contribution in [-0.2, 0) is 6.61 Å². The topological polar surface area (TPSA) is 9.23 Å². The molecule has 17 heavy (non-hydrogen) atoms. The molecule has 4 heteroatoms. The summed E-state index contributed by atoms with van der Waals surface area (Å²) in [6, 6.07) is 13.3. The van der Waals surface area contributed by atoms with Gasteiger partial charge in [0.05, 0.1) is 0 Å². The van der Waals surface area contributed by atoms with Crippen LogP contribution in [0.3, 0.4) is 0 Å². The van der Waals surface area contributed by atoms with E-state index in [0.717, 1.165) is 14.9 Å². The van der Waals surface area contributed by atoms with Crippen molar-refractivity contribution in [2.45, 2.75) is 6.61 Å². The Morgan fingerprint density at radius 3 is 2.29 bits per heavy atom. The van der Waals surface area contributed by atoms with Crippen molar-refractivity contribution >= 4 is 45.8 Å². The minimum Gasteiger partial charge on any atom is -0.489 e. The van der Waals surface area contributed by atoms with Crippen LogP contribution >= 0.6 is 45.8 Å². The fourth-order valence-electron chi connectivity index (χ4n) is 1.38. The fourth-order valence-corrected chi connectivity index (χ4v) is 2.40. The number of rotatable bonds is 3. The summed E-state index contributed by atoms with van der Waals surface area (Å²) >= 11 is 14.4. The van der Waals surface area contributed by atoms with Crippen LogP contribution in [0.15, 0.2) is 42.5 Å². The highest BCUT2D eigenvalue weighted by molar-refractivity contribution is 14.1. The largest absolute Gasteiger partial charge is 0.489 e. The molecule has 0 radical (unpaired) electrons. The predicted octanol–water partition coefficient (Wildman–Crippen LogP) is 5.18. The van der Waals surface area contributed by atoms with Crippen LogP contribution in [-0.4, -0.2) is 0 Å². The maximum Gasteiger partial charge on any atom is 0.120 e. The van der Waals surface area contributed by atoms with E-state index in [-0.39, 0.29) is 0 Å². The summed E-state index contributed by atoms with van der Waals surface area (Å²) in [4.78, 5) is 0. The van der Waals surface area contributed by atoms with Gasteiger partial charge in [0.1, 0.15) is 12.4 Å². The molecule has 0 heterocycles. The Balaban J connectivity index is 2.13. The normalized spacial score (nSPS) is 10.3. The van der Waals surface area contributed by atoms with Crippen LogP contribution in [0.1, 0.15) is 5.56 Å². The molecule has 0 aliphatic rings. The van der Waals surface area contributed by atoms with Crippen molar-refractivity contribution in [2.24, 2.45) is 0 Å². The van der Waals surface area contributed by atoms with Gasteiger partial charge in [-0.2, -0.15) is 0 Å². The van der Waals surface area contributed by atoms with Crippen molar-refractivity contribution in [1.82, 2.24) is 0 Å². The summed E-state index contributed by atoms with van der Waals surface area (Å²) in [5, 5.41) is 1.26. The molecule has 0 aliphatic heterocycles. The van der Waals surface area contributed by atoms with E-state index in [9.17, 15) is 0 Å². The zero-order valence-corrected chi connectivity index (χ0v) is 12.5. The second kappa shape index (κ2) is 5.94. The third-order valence-electron chi connectivity index (χ3n) is 2.24. The molecule has 2 rings (SSSR count). The summed E-state index contributed by atoms with van der Waals surface area (Å²) in [6.07, 6.45) is 0. The number of benzene rings is 2. The highest BCUT2D eigenvalue weighted by Gasteiger charge is 2.06. The van der Waals surface area contributed by atoms with Gasteiger partial charge in [0.25, 0.3) is 0 Å². The molecule has 0 N–H and O–H groups in total. The quantitative estimate of drug-likeness (QED) is 0.669. The first-order chi connectivity index (χ1) is 8.16. The molecule has 0 aliphatic carbocycles. The molecule has 0 bridgehead atoms. The third-order valence-corrected chi connectivity index (χ3v) is 3.62. The molecular formula is C13H9Cl2IO. The van der Waals surface area contributed by atoms with Gasteiger partial charge in [-0.1, -0.05) is 35.3 Å². The zero-order valence-electron chi connectivity index (χ0n) is 8.79. The molecule has 0 unspecified atom stereocenters. The van der Waals surface area contributed by atoms with Gasteiger partial charge in [-0.05, 0) is 52.9 Å². The first-order valence-electron chi connectivity index (χ1n) is 4.98. The van der Waals surface area contributed by atoms with E-state index in [1.165, 1.54) is 0 Å². The number of ether oxygens (including phenoxy) is 1. The molecule has 0 spiro atoms. The van der Waals surface area contributed by atoms with E-state index >= 15 is 0 Å². The van der Waals surface area contributed by atoms with Crippen LogP contribution in [0.25, 0.3) is 0 Å². The minimum atomic E-state index is 0.374. The lowest BCUT2D eigenvalue weighted by molar-refractivity contribution is 0.306. The molecule has 0 aromatic heterocycles. The molecule has 2 aromatic carbocycles. The van der Waals surface area contributed by atoms with Gasteiger partial charge >= 0.3 is 0 Å². The SMILES string of the molecule is Clc1cccc(Cl)c1COc1cccc(I)c1. The van der Waals surface area contributed by atoms with Crippen molar-refractivity contribution < 1.29 is 4.74 Å². The van der Waals surface area contributed by atoms with Crippen LogP contribution in [0, 0.1) is 3.57 Å². The van der Waals surface area contributed by atoms with Gasteiger partial charge in [0.2, 0.25) is 0 Å². The lowest BCUT2D eigenvalue weighted by atomic mass is 10.2.